The van der Waals surface area contributed by atoms with Crippen LogP contribution in [0.15, 0.2) is 17.5 Å². The second-order valence-electron chi connectivity index (χ2n) is 6.58. The van der Waals surface area contributed by atoms with Gasteiger partial charge in [0.25, 0.3) is 0 Å². The third-order valence-electron chi connectivity index (χ3n) is 4.73. The summed E-state index contributed by atoms with van der Waals surface area (Å²) in [5, 5.41) is 6.18. The molecule has 0 amide bonds. The monoisotopic (exact) mass is 279 g/mol. The number of nitrogens with one attached hydrogen (secondary N) is 1. The minimum atomic E-state index is 0.552. The molecule has 1 aliphatic carbocycles. The number of thiophene rings is 1. The average Bonchev–Trinajstić information content (AvgIpc) is 2.89. The second-order valence-corrected chi connectivity index (χ2v) is 7.55. The van der Waals surface area contributed by atoms with E-state index in [0.29, 0.717) is 12.1 Å². The van der Waals surface area contributed by atoms with Crippen LogP contribution in [-0.4, -0.2) is 6.04 Å². The first kappa shape index (κ1) is 15.1. The van der Waals surface area contributed by atoms with E-state index in [9.17, 15) is 0 Å². The quantitative estimate of drug-likeness (QED) is 0.776. The third-order valence-corrected chi connectivity index (χ3v) is 5.72. The molecule has 4 unspecified atom stereocenters. The van der Waals surface area contributed by atoms with Crippen molar-refractivity contribution in [3.63, 3.8) is 0 Å². The Labute approximate surface area is 122 Å². The summed E-state index contributed by atoms with van der Waals surface area (Å²) in [5.41, 5.74) is 0. The fraction of sp³-hybridized carbons (Fsp3) is 0.765. The van der Waals surface area contributed by atoms with Gasteiger partial charge in [-0.25, -0.2) is 0 Å². The molecule has 19 heavy (non-hydrogen) atoms. The average molecular weight is 279 g/mol. The van der Waals surface area contributed by atoms with Crippen LogP contribution in [0.25, 0.3) is 0 Å². The highest BCUT2D eigenvalue weighted by Gasteiger charge is 2.31. The van der Waals surface area contributed by atoms with Crippen molar-refractivity contribution in [2.24, 2.45) is 17.8 Å². The summed E-state index contributed by atoms with van der Waals surface area (Å²) in [6, 6.07) is 5.71. The Morgan fingerprint density at radius 1 is 1.37 bits per heavy atom. The van der Waals surface area contributed by atoms with Gasteiger partial charge < -0.3 is 5.32 Å². The maximum absolute atomic E-state index is 3.98. The molecule has 0 saturated heterocycles. The summed E-state index contributed by atoms with van der Waals surface area (Å²) in [4.78, 5) is 1.50. The lowest BCUT2D eigenvalue weighted by Crippen LogP contribution is -2.44. The fourth-order valence-electron chi connectivity index (χ4n) is 3.54. The number of hydrogen-bond donors (Lipinski definition) is 1. The van der Waals surface area contributed by atoms with Gasteiger partial charge in [-0.2, -0.15) is 0 Å². The molecule has 2 rings (SSSR count). The second kappa shape index (κ2) is 6.90. The van der Waals surface area contributed by atoms with Gasteiger partial charge in [-0.1, -0.05) is 40.2 Å². The highest BCUT2D eigenvalue weighted by molar-refractivity contribution is 7.10. The number of rotatable bonds is 5. The maximum Gasteiger partial charge on any atom is 0.0414 e. The summed E-state index contributed by atoms with van der Waals surface area (Å²) in [7, 11) is 0. The van der Waals surface area contributed by atoms with Gasteiger partial charge >= 0.3 is 0 Å². The summed E-state index contributed by atoms with van der Waals surface area (Å²) in [6.07, 6.45) is 5.36. The fourth-order valence-corrected chi connectivity index (χ4v) is 4.41. The Kier molecular flexibility index (Phi) is 5.47. The van der Waals surface area contributed by atoms with Crippen molar-refractivity contribution in [3.8, 4) is 0 Å². The Morgan fingerprint density at radius 2 is 2.16 bits per heavy atom. The molecule has 1 nitrogen and oxygen atoms in total. The number of hydrogen-bond acceptors (Lipinski definition) is 2. The molecule has 1 fully saturated rings. The Balaban J connectivity index is 2.05. The van der Waals surface area contributed by atoms with Gasteiger partial charge in [0, 0.05) is 17.0 Å². The molecule has 0 bridgehead atoms. The standard InChI is InChI=1S/C17H29NS/c1-5-15(17-7-6-10-19-17)18-16-11-13(4)8-9-14(16)12(2)3/h6-7,10,12-16,18H,5,8-9,11H2,1-4H3. The molecule has 1 N–H and O–H groups in total. The molecule has 0 aliphatic heterocycles. The first-order chi connectivity index (χ1) is 9.11. The molecule has 108 valence electrons. The molecule has 1 saturated carbocycles. The molecule has 0 radical (unpaired) electrons. The topological polar surface area (TPSA) is 12.0 Å². The molecule has 1 heterocycles. The van der Waals surface area contributed by atoms with E-state index in [2.05, 4.69) is 50.5 Å². The van der Waals surface area contributed by atoms with E-state index in [4.69, 9.17) is 0 Å². The predicted molar refractivity (Wildman–Crippen MR) is 85.6 cm³/mol. The SMILES string of the molecule is CCC(NC1CC(C)CCC1C(C)C)c1cccs1. The van der Waals surface area contributed by atoms with Crippen LogP contribution < -0.4 is 5.32 Å². The Hall–Kier alpha value is -0.340. The van der Waals surface area contributed by atoms with Crippen molar-refractivity contribution in [3.05, 3.63) is 22.4 Å². The van der Waals surface area contributed by atoms with Crippen LogP contribution in [-0.2, 0) is 0 Å². The lowest BCUT2D eigenvalue weighted by Gasteiger charge is -2.39. The van der Waals surface area contributed by atoms with Crippen LogP contribution in [0.3, 0.4) is 0 Å². The van der Waals surface area contributed by atoms with E-state index >= 15 is 0 Å². The van der Waals surface area contributed by atoms with E-state index in [1.165, 1.54) is 30.6 Å². The maximum atomic E-state index is 3.98. The molecule has 1 aromatic heterocycles. The van der Waals surface area contributed by atoms with Crippen molar-refractivity contribution in [1.82, 2.24) is 5.32 Å². The lowest BCUT2D eigenvalue weighted by molar-refractivity contribution is 0.158. The highest BCUT2D eigenvalue weighted by atomic mass is 32.1. The van der Waals surface area contributed by atoms with E-state index in [0.717, 1.165) is 17.8 Å². The first-order valence-electron chi connectivity index (χ1n) is 7.91. The Bertz CT molecular complexity index is 357. The largest absolute Gasteiger partial charge is 0.306 e. The van der Waals surface area contributed by atoms with Gasteiger partial charge in [-0.05, 0) is 48.5 Å². The molecule has 0 aromatic carbocycles. The van der Waals surface area contributed by atoms with E-state index < -0.39 is 0 Å². The molecular weight excluding hydrogens is 250 g/mol. The van der Waals surface area contributed by atoms with Gasteiger partial charge in [0.15, 0.2) is 0 Å². The minimum absolute atomic E-state index is 0.552. The van der Waals surface area contributed by atoms with Gasteiger partial charge in [-0.15, -0.1) is 11.3 Å². The van der Waals surface area contributed by atoms with E-state index in [1.807, 2.05) is 11.3 Å². The third kappa shape index (κ3) is 3.82. The summed E-state index contributed by atoms with van der Waals surface area (Å²) in [5.74, 6) is 2.53. The first-order valence-corrected chi connectivity index (χ1v) is 8.79. The van der Waals surface area contributed by atoms with E-state index in [1.54, 1.807) is 0 Å². The van der Waals surface area contributed by atoms with Crippen molar-refractivity contribution in [2.45, 2.75) is 65.5 Å². The lowest BCUT2D eigenvalue weighted by atomic mass is 9.73. The van der Waals surface area contributed by atoms with Crippen LogP contribution in [0.5, 0.6) is 0 Å². The van der Waals surface area contributed by atoms with Gasteiger partial charge in [0.1, 0.15) is 0 Å². The zero-order valence-corrected chi connectivity index (χ0v) is 13.7. The van der Waals surface area contributed by atoms with Gasteiger partial charge in [0.2, 0.25) is 0 Å². The zero-order valence-electron chi connectivity index (χ0n) is 12.9. The van der Waals surface area contributed by atoms with Crippen molar-refractivity contribution in [1.29, 1.82) is 0 Å². The van der Waals surface area contributed by atoms with Crippen LogP contribution in [0, 0.1) is 17.8 Å². The summed E-state index contributed by atoms with van der Waals surface area (Å²) in [6.45, 7) is 9.49. The van der Waals surface area contributed by atoms with Crippen molar-refractivity contribution >= 4 is 11.3 Å². The smallest absolute Gasteiger partial charge is 0.0414 e. The predicted octanol–water partition coefficient (Wildman–Crippen LogP) is 5.25. The Morgan fingerprint density at radius 3 is 2.74 bits per heavy atom. The zero-order chi connectivity index (χ0) is 13.8. The van der Waals surface area contributed by atoms with E-state index in [-0.39, 0.29) is 0 Å². The van der Waals surface area contributed by atoms with Gasteiger partial charge in [0.05, 0.1) is 0 Å². The van der Waals surface area contributed by atoms with Gasteiger partial charge in [-0.3, -0.25) is 0 Å². The van der Waals surface area contributed by atoms with Crippen LogP contribution >= 0.6 is 11.3 Å². The summed E-state index contributed by atoms with van der Waals surface area (Å²) < 4.78 is 0. The van der Waals surface area contributed by atoms with Crippen LogP contribution in [0.1, 0.15) is 64.3 Å². The van der Waals surface area contributed by atoms with Crippen LogP contribution in [0.4, 0.5) is 0 Å². The van der Waals surface area contributed by atoms with Crippen LogP contribution in [0.2, 0.25) is 0 Å². The summed E-state index contributed by atoms with van der Waals surface area (Å²) >= 11 is 1.89. The normalized spacial score (nSPS) is 29.6. The molecule has 0 spiro atoms. The highest BCUT2D eigenvalue weighted by Crippen LogP contribution is 2.35. The molecule has 1 aromatic rings. The minimum Gasteiger partial charge on any atom is -0.306 e. The molecule has 1 aliphatic rings. The van der Waals surface area contributed by atoms with Crippen molar-refractivity contribution in [2.75, 3.05) is 0 Å². The molecule has 4 atom stereocenters. The molecular formula is C17H29NS. The van der Waals surface area contributed by atoms with Crippen molar-refractivity contribution < 1.29 is 0 Å². The molecule has 2 heteroatoms.